The molecule has 1 aromatic rings. The zero-order chi connectivity index (χ0) is 38.0. The summed E-state index contributed by atoms with van der Waals surface area (Å²) in [5, 5.41) is 26.8. The lowest BCUT2D eigenvalue weighted by Gasteiger charge is -2.70. The summed E-state index contributed by atoms with van der Waals surface area (Å²) < 4.78 is 30.9. The maximum absolute atomic E-state index is 14.1. The summed E-state index contributed by atoms with van der Waals surface area (Å²) in [5.74, 6) is -4.99. The zero-order valence-electron chi connectivity index (χ0n) is 31.1. The molecule has 14 atom stereocenters. The van der Waals surface area contributed by atoms with Crippen molar-refractivity contribution in [3.63, 3.8) is 0 Å². The molecule has 0 aromatic heterocycles. The second kappa shape index (κ2) is 12.3. The lowest BCUT2D eigenvalue weighted by Crippen LogP contribution is -2.82. The third kappa shape index (κ3) is 4.53. The number of hydrogen-bond acceptors (Lipinski definition) is 13. The fourth-order valence-corrected chi connectivity index (χ4v) is 13.3. The van der Waals surface area contributed by atoms with Gasteiger partial charge >= 0.3 is 17.9 Å². The quantitative estimate of drug-likeness (QED) is 0.213. The molecule has 8 rings (SSSR count). The summed E-state index contributed by atoms with van der Waals surface area (Å²) in [7, 11) is 3.17. The maximum atomic E-state index is 14.1. The Labute approximate surface area is 308 Å². The number of likely N-dealkylation sites (N-methyl/N-ethyl adjacent to an activating group) is 1. The number of hydrogen-bond donors (Lipinski definition) is 2. The van der Waals surface area contributed by atoms with Gasteiger partial charge in [0.1, 0.15) is 23.4 Å². The molecule has 1 aromatic carbocycles. The van der Waals surface area contributed by atoms with E-state index < -0.39 is 94.1 Å². The number of carbonyl (C=O) groups excluding carboxylic acids is 5. The Morgan fingerprint density at radius 1 is 1.02 bits per heavy atom. The van der Waals surface area contributed by atoms with Gasteiger partial charge < -0.3 is 33.9 Å². The van der Waals surface area contributed by atoms with Gasteiger partial charge in [0.25, 0.3) is 0 Å². The number of rotatable bonds is 9. The highest BCUT2D eigenvalue weighted by atomic mass is 16.6. The molecule has 5 aliphatic carbocycles. The summed E-state index contributed by atoms with van der Waals surface area (Å²) in [6, 6.07) is 5.78. The number of carbonyl (C=O) groups is 5. The third-order valence-corrected chi connectivity index (χ3v) is 14.6. The van der Waals surface area contributed by atoms with Crippen LogP contribution in [0.4, 0.5) is 5.69 Å². The minimum atomic E-state index is -1.94. The number of amides is 2. The number of methoxy groups -OCH3 is 2. The van der Waals surface area contributed by atoms with Crippen LogP contribution in [0.2, 0.25) is 0 Å². The van der Waals surface area contributed by atoms with Crippen LogP contribution in [0.1, 0.15) is 70.2 Å². The van der Waals surface area contributed by atoms with E-state index in [4.69, 9.17) is 23.7 Å². The first-order chi connectivity index (χ1) is 25.2. The molecule has 7 bridgehead atoms. The molecule has 2 amide bonds. The average molecular weight is 739 g/mol. The van der Waals surface area contributed by atoms with E-state index in [2.05, 4.69) is 4.90 Å². The first-order valence-electron chi connectivity index (χ1n) is 18.9. The van der Waals surface area contributed by atoms with E-state index in [-0.39, 0.29) is 48.4 Å². The van der Waals surface area contributed by atoms with Gasteiger partial charge in [0.15, 0.2) is 0 Å². The molecular formula is C39H50N2O12. The van der Waals surface area contributed by atoms with Gasteiger partial charge in [-0.3, -0.25) is 24.1 Å². The van der Waals surface area contributed by atoms with Crippen molar-refractivity contribution < 1.29 is 57.9 Å². The topological polar surface area (TPSA) is 178 Å². The van der Waals surface area contributed by atoms with Gasteiger partial charge in [-0.05, 0) is 43.9 Å². The summed E-state index contributed by atoms with van der Waals surface area (Å²) >= 11 is 0. The van der Waals surface area contributed by atoms with Crippen LogP contribution in [-0.4, -0.2) is 120 Å². The SMILES string of the molecule is CCN1C[C@]2(COC(=O)c3ccccc3N3C(=O)C[C@H](C)C3=O)CC[C@H](OC)[C@]34C1[C@](O)([C@@H](OC)[C@H]23)[C@@]1(O)C[C@H](OC(C)=O)[C@H]2C[C@@H]4[C@@H]1[C@H]2OC(C)=O. The van der Waals surface area contributed by atoms with Crippen molar-refractivity contribution >= 4 is 35.4 Å². The molecule has 1 spiro atoms. The third-order valence-electron chi connectivity index (χ3n) is 14.6. The molecule has 14 heteroatoms. The van der Waals surface area contributed by atoms with Crippen LogP contribution in [0.25, 0.3) is 0 Å². The lowest BCUT2D eigenvalue weighted by atomic mass is 9.42. The second-order valence-corrected chi connectivity index (χ2v) is 16.7. The van der Waals surface area contributed by atoms with Crippen molar-refractivity contribution in [3.05, 3.63) is 29.8 Å². The van der Waals surface area contributed by atoms with E-state index in [1.54, 1.807) is 38.3 Å². The summed E-state index contributed by atoms with van der Waals surface area (Å²) in [4.78, 5) is 68.3. The Hall–Kier alpha value is -3.43. The number of anilines is 1. The number of benzene rings is 1. The van der Waals surface area contributed by atoms with Crippen molar-refractivity contribution in [2.24, 2.45) is 40.4 Å². The second-order valence-electron chi connectivity index (χ2n) is 16.7. The van der Waals surface area contributed by atoms with Gasteiger partial charge in [0.05, 0.1) is 36.1 Å². The highest BCUT2D eigenvalue weighted by molar-refractivity contribution is 6.22. The first-order valence-corrected chi connectivity index (χ1v) is 18.9. The van der Waals surface area contributed by atoms with E-state index in [0.717, 1.165) is 4.90 Å². The minimum absolute atomic E-state index is 0.0559. The summed E-state index contributed by atoms with van der Waals surface area (Å²) in [6.45, 7) is 7.14. The summed E-state index contributed by atoms with van der Waals surface area (Å²) in [5.41, 5.74) is -5.22. The number of fused-ring (bicyclic) bond motifs is 2. The van der Waals surface area contributed by atoms with E-state index in [9.17, 15) is 34.2 Å². The van der Waals surface area contributed by atoms with Gasteiger partial charge in [-0.2, -0.15) is 0 Å². The predicted octanol–water partition coefficient (Wildman–Crippen LogP) is 1.87. The van der Waals surface area contributed by atoms with Crippen LogP contribution in [0, 0.1) is 40.4 Å². The Morgan fingerprint density at radius 2 is 1.74 bits per heavy atom. The maximum Gasteiger partial charge on any atom is 0.340 e. The Bertz CT molecular complexity index is 1750. The van der Waals surface area contributed by atoms with Crippen LogP contribution < -0.4 is 4.90 Å². The average Bonchev–Trinajstić information content (AvgIpc) is 3.62. The van der Waals surface area contributed by atoms with Crippen LogP contribution in [0.3, 0.4) is 0 Å². The molecule has 7 fully saturated rings. The van der Waals surface area contributed by atoms with E-state index >= 15 is 0 Å². The predicted molar refractivity (Wildman–Crippen MR) is 184 cm³/mol. The first kappa shape index (κ1) is 36.5. The van der Waals surface area contributed by atoms with Crippen molar-refractivity contribution in [2.75, 3.05) is 38.8 Å². The molecular weight excluding hydrogens is 688 g/mol. The minimum Gasteiger partial charge on any atom is -0.462 e. The molecule has 0 radical (unpaired) electrons. The molecule has 5 saturated carbocycles. The zero-order valence-corrected chi connectivity index (χ0v) is 31.1. The number of likely N-dealkylation sites (tertiary alicyclic amines) is 1. The van der Waals surface area contributed by atoms with Crippen molar-refractivity contribution in [1.29, 1.82) is 0 Å². The molecule has 53 heavy (non-hydrogen) atoms. The lowest BCUT2D eigenvalue weighted by molar-refractivity contribution is -0.318. The van der Waals surface area contributed by atoms with Crippen molar-refractivity contribution in [2.45, 2.75) is 101 Å². The molecule has 2 heterocycles. The fraction of sp³-hybridized carbons (Fsp3) is 0.718. The van der Waals surface area contributed by atoms with E-state index in [1.165, 1.54) is 21.0 Å². The number of para-hydroxylation sites is 1. The molecule has 2 aliphatic heterocycles. The van der Waals surface area contributed by atoms with Crippen molar-refractivity contribution in [3.8, 4) is 0 Å². The van der Waals surface area contributed by atoms with Gasteiger partial charge in [-0.25, -0.2) is 9.69 Å². The smallest absolute Gasteiger partial charge is 0.340 e. The Balaban J connectivity index is 1.24. The number of nitrogens with zero attached hydrogens (tertiary/aromatic N) is 2. The van der Waals surface area contributed by atoms with Gasteiger partial charge in [-0.15, -0.1) is 0 Å². The summed E-state index contributed by atoms with van der Waals surface area (Å²) in [6.07, 6.45) is -1.48. The fourth-order valence-electron chi connectivity index (χ4n) is 13.3. The van der Waals surface area contributed by atoms with E-state index in [0.29, 0.717) is 32.4 Å². The Morgan fingerprint density at radius 3 is 2.36 bits per heavy atom. The van der Waals surface area contributed by atoms with Crippen LogP contribution >= 0.6 is 0 Å². The molecule has 7 aliphatic rings. The monoisotopic (exact) mass is 738 g/mol. The molecule has 14 nitrogen and oxygen atoms in total. The molecule has 1 unspecified atom stereocenters. The number of ether oxygens (including phenoxy) is 5. The van der Waals surface area contributed by atoms with Crippen molar-refractivity contribution in [1.82, 2.24) is 4.90 Å². The standard InChI is InChI=1S/C39H50N2O12/c1-7-40-17-36(18-51-34(46)22-10-8-9-11-25(22)41-28(44)14-19(2)33(41)45)13-12-27(49-5)38-24-15-23-26(52-20(3)42)16-37(47,29(24)30(23)53-21(4)43)39(48,35(38)40)32(50-6)31(36)38/h8-11,19,23-24,26-27,29-32,35,47-48H,7,12-18H2,1-6H3/t19-,23+,24+,26-,27-,29+,30-,31+,32-,35?,36-,37+,38-,39+/m0/s1. The molecule has 2 saturated heterocycles. The number of piperidine rings is 1. The van der Waals surface area contributed by atoms with Crippen LogP contribution in [0.15, 0.2) is 24.3 Å². The number of esters is 3. The van der Waals surface area contributed by atoms with E-state index in [1.807, 2.05) is 6.92 Å². The molecule has 288 valence electrons. The number of aliphatic hydroxyl groups is 2. The number of imide groups is 1. The largest absolute Gasteiger partial charge is 0.462 e. The highest BCUT2D eigenvalue weighted by Gasteiger charge is 2.92. The van der Waals surface area contributed by atoms with Gasteiger partial charge in [0, 0.05) is 82.0 Å². The van der Waals surface area contributed by atoms with Gasteiger partial charge in [0.2, 0.25) is 11.8 Å². The van der Waals surface area contributed by atoms with Crippen LogP contribution in [0.5, 0.6) is 0 Å². The Kier molecular flexibility index (Phi) is 8.47. The normalized spacial score (nSPS) is 44.9. The molecule has 2 N–H and O–H groups in total. The van der Waals surface area contributed by atoms with Crippen LogP contribution in [-0.2, 0) is 42.9 Å². The highest BCUT2D eigenvalue weighted by Crippen LogP contribution is 2.80. The van der Waals surface area contributed by atoms with Gasteiger partial charge in [-0.1, -0.05) is 26.0 Å².